The van der Waals surface area contributed by atoms with Crippen molar-refractivity contribution >= 4 is 37.4 Å². The van der Waals surface area contributed by atoms with Gasteiger partial charge in [0.05, 0.1) is 4.92 Å². The van der Waals surface area contributed by atoms with Gasteiger partial charge in [0.2, 0.25) is 0 Å². The van der Waals surface area contributed by atoms with Crippen LogP contribution in [0.5, 0.6) is 0 Å². The first kappa shape index (κ1) is 14.7. The van der Waals surface area contributed by atoms with Crippen molar-refractivity contribution in [1.82, 2.24) is 0 Å². The van der Waals surface area contributed by atoms with Crippen molar-refractivity contribution in [1.29, 1.82) is 0 Å². The van der Waals surface area contributed by atoms with Crippen LogP contribution in [0.2, 0.25) is 0 Å². The van der Waals surface area contributed by atoms with E-state index in [1.165, 1.54) is 0 Å². The molecule has 0 fully saturated rings. The Labute approximate surface area is 97.6 Å². The Kier molecular flexibility index (Phi) is 4.35. The normalized spacial score (nSPS) is 10.6. The average Bonchev–Trinajstić information content (AvgIpc) is 1.99. The number of nitro groups is 1. The summed E-state index contributed by atoms with van der Waals surface area (Å²) in [5.74, 6) is 0. The quantitative estimate of drug-likeness (QED) is 0.367. The third-order valence-corrected chi connectivity index (χ3v) is 3.33. The number of nitro benzene ring substituents is 1. The van der Waals surface area contributed by atoms with Crippen LogP contribution in [0.4, 0.5) is 16.1 Å². The zero-order valence-electron chi connectivity index (χ0n) is 7.45. The third kappa shape index (κ3) is 2.87. The molecule has 0 spiro atoms. The van der Waals surface area contributed by atoms with E-state index < -0.39 is 25.6 Å². The maximum atomic E-state index is 10.9. The van der Waals surface area contributed by atoms with Gasteiger partial charge in [-0.15, -0.1) is 0 Å². The molecule has 0 amide bonds. The highest BCUT2D eigenvalue weighted by Gasteiger charge is 2.27. The second-order valence-electron chi connectivity index (χ2n) is 2.58. The number of anilines is 1. The monoisotopic (exact) mass is 316 g/mol. The Morgan fingerprint density at radius 1 is 1.44 bits per heavy atom. The number of hydrogen-bond acceptors (Lipinski definition) is 5. The summed E-state index contributed by atoms with van der Waals surface area (Å²) in [6, 6.07) is 2.00. The number of nitrogens with zero attached hydrogens (tertiary/aromatic N) is 1. The molecule has 1 rings (SSSR count). The highest BCUT2D eigenvalue weighted by molar-refractivity contribution is 9.10. The lowest BCUT2D eigenvalue weighted by Crippen LogP contribution is -2.05. The van der Waals surface area contributed by atoms with Gasteiger partial charge in [-0.25, -0.2) is 0 Å². The van der Waals surface area contributed by atoms with E-state index in [1.807, 2.05) is 0 Å². The third-order valence-electron chi connectivity index (χ3n) is 1.50. The molecule has 0 unspecified atom stereocenters. The molecule has 0 aliphatic carbocycles. The number of nitrogens with two attached hydrogens (primary N) is 1. The van der Waals surface area contributed by atoms with Crippen LogP contribution in [0.25, 0.3) is 0 Å². The van der Waals surface area contributed by atoms with Crippen molar-refractivity contribution in [2.45, 2.75) is 4.90 Å². The fraction of sp³-hybridized carbons (Fsp3) is 0. The van der Waals surface area contributed by atoms with Crippen LogP contribution in [0.15, 0.2) is 21.5 Å². The molecule has 7 nitrogen and oxygen atoms in total. The van der Waals surface area contributed by atoms with Gasteiger partial charge in [-0.2, -0.15) is 8.42 Å². The maximum Gasteiger partial charge on any atom is 0.302 e. The van der Waals surface area contributed by atoms with Crippen LogP contribution < -0.4 is 5.73 Å². The van der Waals surface area contributed by atoms with Gasteiger partial charge in [-0.3, -0.25) is 19.4 Å². The Hall–Kier alpha value is -1.26. The Morgan fingerprint density at radius 3 is 2.31 bits per heavy atom. The van der Waals surface area contributed by atoms with Gasteiger partial charge in [0.1, 0.15) is 0 Å². The smallest absolute Gasteiger partial charge is 0.302 e. The van der Waals surface area contributed by atoms with Crippen LogP contribution in [-0.4, -0.2) is 17.9 Å². The van der Waals surface area contributed by atoms with Crippen molar-refractivity contribution in [2.75, 3.05) is 5.73 Å². The van der Waals surface area contributed by atoms with Crippen LogP contribution in [0.1, 0.15) is 0 Å². The Balaban J connectivity index is 0.00000225. The van der Waals surface area contributed by atoms with Gasteiger partial charge in [0.25, 0.3) is 5.69 Å². The van der Waals surface area contributed by atoms with Crippen molar-refractivity contribution in [3.63, 3.8) is 0 Å². The zero-order chi connectivity index (χ0) is 11.8. The second-order valence-corrected chi connectivity index (χ2v) is 4.80. The highest BCUT2D eigenvalue weighted by Crippen LogP contribution is 2.33. The lowest BCUT2D eigenvalue weighted by molar-refractivity contribution is -0.387. The van der Waals surface area contributed by atoms with E-state index in [0.29, 0.717) is 0 Å². The second kappa shape index (κ2) is 4.72. The van der Waals surface area contributed by atoms with Crippen molar-refractivity contribution in [3.8, 4) is 0 Å². The van der Waals surface area contributed by atoms with Crippen LogP contribution in [-0.2, 0) is 10.1 Å². The number of rotatable bonds is 2. The maximum absolute atomic E-state index is 10.9. The van der Waals surface area contributed by atoms with Crippen LogP contribution in [0, 0.1) is 10.1 Å². The summed E-state index contributed by atoms with van der Waals surface area (Å²) in [7, 11) is -4.67. The zero-order valence-corrected chi connectivity index (χ0v) is 9.86. The number of hydrogen-bond donors (Lipinski definition) is 2. The summed E-state index contributed by atoms with van der Waals surface area (Å²) >= 11 is 2.78. The number of nitrogen functional groups attached to an aromatic ring is 1. The van der Waals surface area contributed by atoms with E-state index in [2.05, 4.69) is 15.9 Å². The summed E-state index contributed by atoms with van der Waals surface area (Å²) in [6.45, 7) is 0. The van der Waals surface area contributed by atoms with Gasteiger partial charge >= 0.3 is 10.1 Å². The summed E-state index contributed by atoms with van der Waals surface area (Å²) in [4.78, 5) is 8.78. The Bertz CT molecular complexity index is 532. The molecular weight excluding hydrogens is 311 g/mol. The first-order chi connectivity index (χ1) is 6.73. The first-order valence-electron chi connectivity index (χ1n) is 3.44. The largest absolute Gasteiger partial charge is 0.398 e. The number of benzene rings is 1. The molecule has 0 radical (unpaired) electrons. The van der Waals surface area contributed by atoms with Crippen molar-refractivity contribution in [3.05, 3.63) is 26.7 Å². The standard InChI is InChI=1S/C6H5BrN2O5S.FH/c7-4-1-3(8)2-5(9(10)11)6(4)15(12,13)14;/h1-2H,8H2,(H,12,13,14);1H. The SMILES string of the molecule is F.Nc1cc(Br)c(S(=O)(=O)O)c([N+](=O)[O-])c1. The molecule has 1 aromatic rings. The average molecular weight is 317 g/mol. The molecule has 0 aliphatic rings. The summed E-state index contributed by atoms with van der Waals surface area (Å²) in [5.41, 5.74) is 4.54. The molecule has 0 heterocycles. The van der Waals surface area contributed by atoms with Gasteiger partial charge in [0, 0.05) is 16.2 Å². The molecule has 0 atom stereocenters. The minimum Gasteiger partial charge on any atom is -0.398 e. The topological polar surface area (TPSA) is 124 Å². The van der Waals surface area contributed by atoms with E-state index in [9.17, 15) is 18.5 Å². The van der Waals surface area contributed by atoms with E-state index in [4.69, 9.17) is 10.3 Å². The number of halogens is 2. The van der Waals surface area contributed by atoms with Gasteiger partial charge < -0.3 is 5.73 Å². The minimum absolute atomic E-state index is 0. The van der Waals surface area contributed by atoms with Gasteiger partial charge in [-0.1, -0.05) is 0 Å². The molecule has 0 aromatic heterocycles. The highest BCUT2D eigenvalue weighted by atomic mass is 79.9. The van der Waals surface area contributed by atoms with Crippen molar-refractivity contribution in [2.24, 2.45) is 0 Å². The van der Waals surface area contributed by atoms with E-state index in [1.54, 1.807) is 0 Å². The molecule has 0 bridgehead atoms. The molecule has 0 saturated carbocycles. The molecule has 90 valence electrons. The molecular formula is C6H6BrFN2O5S. The minimum atomic E-state index is -4.67. The molecule has 0 saturated heterocycles. The fourth-order valence-corrected chi connectivity index (χ4v) is 2.77. The van der Waals surface area contributed by atoms with E-state index in [-0.39, 0.29) is 14.9 Å². The van der Waals surface area contributed by atoms with Gasteiger partial charge in [-0.05, 0) is 22.0 Å². The summed E-state index contributed by atoms with van der Waals surface area (Å²) in [5, 5.41) is 10.5. The molecule has 10 heteroatoms. The van der Waals surface area contributed by atoms with Crippen molar-refractivity contribution < 1.29 is 22.6 Å². The summed E-state index contributed by atoms with van der Waals surface area (Å²) in [6.07, 6.45) is 0. The molecule has 16 heavy (non-hydrogen) atoms. The fourth-order valence-electron chi connectivity index (χ4n) is 0.990. The Morgan fingerprint density at radius 2 is 1.94 bits per heavy atom. The van der Waals surface area contributed by atoms with Crippen LogP contribution in [0.3, 0.4) is 0 Å². The predicted molar refractivity (Wildman–Crippen MR) is 57.5 cm³/mol. The predicted octanol–water partition coefficient (Wildman–Crippen LogP) is 1.34. The lowest BCUT2D eigenvalue weighted by atomic mass is 10.3. The van der Waals surface area contributed by atoms with Crippen LogP contribution >= 0.6 is 15.9 Å². The van der Waals surface area contributed by atoms with E-state index >= 15 is 0 Å². The molecule has 1 aromatic carbocycles. The van der Waals surface area contributed by atoms with Gasteiger partial charge in [0.15, 0.2) is 4.90 Å². The molecule has 3 N–H and O–H groups in total. The summed E-state index contributed by atoms with van der Waals surface area (Å²) < 4.78 is 30.4. The lowest BCUT2D eigenvalue weighted by Gasteiger charge is -2.03. The first-order valence-corrected chi connectivity index (χ1v) is 5.67. The molecule has 0 aliphatic heterocycles. The van der Waals surface area contributed by atoms with E-state index in [0.717, 1.165) is 12.1 Å².